The summed E-state index contributed by atoms with van der Waals surface area (Å²) in [6.45, 7) is 6.52. The predicted octanol–water partition coefficient (Wildman–Crippen LogP) is 2.53. The lowest BCUT2D eigenvalue weighted by Gasteiger charge is -2.32. The maximum Gasteiger partial charge on any atom is 0.0616 e. The van der Waals surface area contributed by atoms with Crippen molar-refractivity contribution in [3.8, 4) is 0 Å². The van der Waals surface area contributed by atoms with E-state index in [-0.39, 0.29) is 0 Å². The van der Waals surface area contributed by atoms with E-state index in [1.807, 2.05) is 18.8 Å². The molecule has 1 rings (SSSR count). The Morgan fingerprint density at radius 3 is 2.87 bits per heavy atom. The number of ether oxygens (including phenoxy) is 1. The van der Waals surface area contributed by atoms with Crippen LogP contribution in [-0.4, -0.2) is 37.8 Å². The summed E-state index contributed by atoms with van der Waals surface area (Å²) in [4.78, 5) is 0. The van der Waals surface area contributed by atoms with Crippen molar-refractivity contribution < 1.29 is 4.74 Å². The highest BCUT2D eigenvalue weighted by Crippen LogP contribution is 2.38. The highest BCUT2D eigenvalue weighted by atomic mass is 32.2. The first-order valence-electron chi connectivity index (χ1n) is 6.09. The van der Waals surface area contributed by atoms with Crippen LogP contribution < -0.4 is 5.32 Å². The SMILES string of the molecule is CCSCCCC1(CNC)CCOC1C. The third-order valence-corrected chi connectivity index (χ3v) is 4.51. The Labute approximate surface area is 98.5 Å². The highest BCUT2D eigenvalue weighted by Gasteiger charge is 2.40. The fraction of sp³-hybridized carbons (Fsp3) is 1.00. The molecule has 1 aliphatic rings. The zero-order chi connectivity index (χ0) is 11.1. The topological polar surface area (TPSA) is 21.3 Å². The Hall–Kier alpha value is 0.270. The lowest BCUT2D eigenvalue weighted by molar-refractivity contribution is 0.0592. The number of nitrogens with one attached hydrogen (secondary N) is 1. The normalized spacial score (nSPS) is 31.0. The minimum atomic E-state index is 0.406. The van der Waals surface area contributed by atoms with Gasteiger partial charge < -0.3 is 10.1 Å². The van der Waals surface area contributed by atoms with E-state index in [0.29, 0.717) is 11.5 Å². The number of hydrogen-bond acceptors (Lipinski definition) is 3. The van der Waals surface area contributed by atoms with E-state index >= 15 is 0 Å². The van der Waals surface area contributed by atoms with Crippen LogP contribution in [0.15, 0.2) is 0 Å². The zero-order valence-corrected chi connectivity index (χ0v) is 11.2. The molecular weight excluding hydrogens is 206 g/mol. The molecule has 15 heavy (non-hydrogen) atoms. The van der Waals surface area contributed by atoms with Crippen molar-refractivity contribution in [3.63, 3.8) is 0 Å². The standard InChI is InChI=1S/C12H25NOS/c1-4-15-9-5-6-12(10-13-3)7-8-14-11(12)2/h11,13H,4-10H2,1-3H3. The Bertz CT molecular complexity index is 177. The maximum absolute atomic E-state index is 5.73. The van der Waals surface area contributed by atoms with E-state index in [0.717, 1.165) is 13.2 Å². The first kappa shape index (κ1) is 13.3. The minimum Gasteiger partial charge on any atom is -0.378 e. The average molecular weight is 231 g/mol. The molecule has 3 heteroatoms. The summed E-state index contributed by atoms with van der Waals surface area (Å²) in [5.41, 5.74) is 0.406. The van der Waals surface area contributed by atoms with Crippen LogP contribution in [-0.2, 0) is 4.74 Å². The van der Waals surface area contributed by atoms with Gasteiger partial charge in [-0.2, -0.15) is 11.8 Å². The van der Waals surface area contributed by atoms with Gasteiger partial charge in [-0.25, -0.2) is 0 Å². The van der Waals surface area contributed by atoms with E-state index in [9.17, 15) is 0 Å². The first-order valence-corrected chi connectivity index (χ1v) is 7.24. The lowest BCUT2D eigenvalue weighted by atomic mass is 9.77. The van der Waals surface area contributed by atoms with Crippen LogP contribution in [0.25, 0.3) is 0 Å². The van der Waals surface area contributed by atoms with E-state index in [1.54, 1.807) is 0 Å². The van der Waals surface area contributed by atoms with Crippen molar-refractivity contribution in [3.05, 3.63) is 0 Å². The molecule has 0 saturated carbocycles. The molecule has 0 aromatic heterocycles. The molecule has 2 unspecified atom stereocenters. The van der Waals surface area contributed by atoms with Crippen molar-refractivity contribution in [2.24, 2.45) is 5.41 Å². The second kappa shape index (κ2) is 6.77. The van der Waals surface area contributed by atoms with E-state index < -0.39 is 0 Å². The highest BCUT2D eigenvalue weighted by molar-refractivity contribution is 7.99. The molecule has 0 radical (unpaired) electrons. The molecule has 0 bridgehead atoms. The largest absolute Gasteiger partial charge is 0.378 e. The van der Waals surface area contributed by atoms with Gasteiger partial charge in [0.15, 0.2) is 0 Å². The van der Waals surface area contributed by atoms with Crippen molar-refractivity contribution in [2.45, 2.75) is 39.2 Å². The molecule has 1 heterocycles. The third kappa shape index (κ3) is 3.65. The van der Waals surface area contributed by atoms with Gasteiger partial charge in [0.25, 0.3) is 0 Å². The summed E-state index contributed by atoms with van der Waals surface area (Å²) in [5.74, 6) is 2.54. The monoisotopic (exact) mass is 231 g/mol. The summed E-state index contributed by atoms with van der Waals surface area (Å²) in [5, 5.41) is 3.33. The molecule has 1 N–H and O–H groups in total. The molecule has 1 saturated heterocycles. The van der Waals surface area contributed by atoms with E-state index in [2.05, 4.69) is 19.2 Å². The Kier molecular flexibility index (Phi) is 6.02. The quantitative estimate of drug-likeness (QED) is 0.680. The second-order valence-corrected chi connectivity index (χ2v) is 5.85. The molecule has 0 aromatic carbocycles. The van der Waals surface area contributed by atoms with Gasteiger partial charge in [0.2, 0.25) is 0 Å². The van der Waals surface area contributed by atoms with Gasteiger partial charge >= 0.3 is 0 Å². The summed E-state index contributed by atoms with van der Waals surface area (Å²) in [7, 11) is 2.05. The fourth-order valence-corrected chi connectivity index (χ4v) is 3.13. The van der Waals surface area contributed by atoms with Crippen molar-refractivity contribution >= 4 is 11.8 Å². The van der Waals surface area contributed by atoms with Crippen LogP contribution in [0.3, 0.4) is 0 Å². The molecule has 2 atom stereocenters. The van der Waals surface area contributed by atoms with Gasteiger partial charge in [-0.15, -0.1) is 0 Å². The van der Waals surface area contributed by atoms with Gasteiger partial charge in [-0.3, -0.25) is 0 Å². The minimum absolute atomic E-state index is 0.406. The number of hydrogen-bond donors (Lipinski definition) is 1. The van der Waals surface area contributed by atoms with Crippen LogP contribution >= 0.6 is 11.8 Å². The third-order valence-electron chi connectivity index (χ3n) is 3.53. The lowest BCUT2D eigenvalue weighted by Crippen LogP contribution is -2.38. The van der Waals surface area contributed by atoms with Gasteiger partial charge in [0.1, 0.15) is 0 Å². The Morgan fingerprint density at radius 2 is 2.33 bits per heavy atom. The summed E-state index contributed by atoms with van der Waals surface area (Å²) in [6, 6.07) is 0. The smallest absolute Gasteiger partial charge is 0.0616 e. The second-order valence-electron chi connectivity index (χ2n) is 4.46. The van der Waals surface area contributed by atoms with E-state index in [4.69, 9.17) is 4.74 Å². The molecule has 0 spiro atoms. The molecule has 2 nitrogen and oxygen atoms in total. The van der Waals surface area contributed by atoms with Crippen LogP contribution in [0.2, 0.25) is 0 Å². The van der Waals surface area contributed by atoms with Gasteiger partial charge in [0, 0.05) is 18.6 Å². The maximum atomic E-state index is 5.73. The van der Waals surface area contributed by atoms with Gasteiger partial charge in [0.05, 0.1) is 6.10 Å². The van der Waals surface area contributed by atoms with Crippen LogP contribution in [0.4, 0.5) is 0 Å². The molecule has 90 valence electrons. The Balaban J connectivity index is 2.36. The molecule has 1 fully saturated rings. The molecular formula is C12H25NOS. The summed E-state index contributed by atoms with van der Waals surface area (Å²) >= 11 is 2.05. The average Bonchev–Trinajstić information content (AvgIpc) is 2.57. The molecule has 0 amide bonds. The van der Waals surface area contributed by atoms with Crippen molar-refractivity contribution in [1.82, 2.24) is 5.32 Å². The molecule has 1 aliphatic heterocycles. The van der Waals surface area contributed by atoms with Crippen molar-refractivity contribution in [1.29, 1.82) is 0 Å². The van der Waals surface area contributed by atoms with Crippen molar-refractivity contribution in [2.75, 3.05) is 31.7 Å². The predicted molar refractivity (Wildman–Crippen MR) is 68.6 cm³/mol. The van der Waals surface area contributed by atoms with Crippen LogP contribution in [0, 0.1) is 5.41 Å². The van der Waals surface area contributed by atoms with Crippen LogP contribution in [0.1, 0.15) is 33.1 Å². The summed E-state index contributed by atoms with van der Waals surface area (Å²) in [6.07, 6.45) is 4.29. The van der Waals surface area contributed by atoms with Gasteiger partial charge in [-0.1, -0.05) is 6.92 Å². The number of rotatable bonds is 7. The van der Waals surface area contributed by atoms with Gasteiger partial charge in [-0.05, 0) is 44.7 Å². The first-order chi connectivity index (χ1) is 7.25. The fourth-order valence-electron chi connectivity index (χ4n) is 2.49. The summed E-state index contributed by atoms with van der Waals surface area (Å²) < 4.78 is 5.73. The number of thioether (sulfide) groups is 1. The van der Waals surface area contributed by atoms with Crippen LogP contribution in [0.5, 0.6) is 0 Å². The molecule has 0 aliphatic carbocycles. The van der Waals surface area contributed by atoms with E-state index in [1.165, 1.54) is 30.8 Å². The zero-order valence-electron chi connectivity index (χ0n) is 10.3. The molecule has 0 aromatic rings. The Morgan fingerprint density at radius 1 is 1.53 bits per heavy atom.